The average Bonchev–Trinajstić information content (AvgIpc) is 3.40. The van der Waals surface area contributed by atoms with Crippen molar-refractivity contribution in [1.82, 2.24) is 15.5 Å². The van der Waals surface area contributed by atoms with E-state index in [1.54, 1.807) is 0 Å². The summed E-state index contributed by atoms with van der Waals surface area (Å²) in [7, 11) is 0. The topological polar surface area (TPSA) is 232 Å². The first-order chi connectivity index (χ1) is 18.6. The number of likely N-dealkylation sites (tertiary alicyclic amines) is 1. The Hall–Kier alpha value is -3.71. The van der Waals surface area contributed by atoms with E-state index in [-0.39, 0.29) is 12.4 Å². The van der Waals surface area contributed by atoms with Crippen molar-refractivity contribution in [3.8, 4) is 0 Å². The van der Waals surface area contributed by atoms with Crippen LogP contribution in [0.2, 0.25) is 0 Å². The third kappa shape index (κ3) is 10.5. The van der Waals surface area contributed by atoms with Gasteiger partial charge in [0.25, 0.3) is 0 Å². The molecule has 13 nitrogen and oxygen atoms in total. The molecule has 1 heterocycles. The summed E-state index contributed by atoms with van der Waals surface area (Å²) < 4.78 is 0. The van der Waals surface area contributed by atoms with Gasteiger partial charge in [0.15, 0.2) is 5.96 Å². The second-order valence-electron chi connectivity index (χ2n) is 9.68. The van der Waals surface area contributed by atoms with E-state index in [0.717, 1.165) is 5.56 Å². The molecule has 1 aliphatic rings. The minimum absolute atomic E-state index is 0.0493. The number of nitrogens with one attached hydrogen (secondary N) is 2. The van der Waals surface area contributed by atoms with Crippen LogP contribution in [-0.2, 0) is 25.6 Å². The molecular formula is C26H42N8O5. The zero-order valence-electron chi connectivity index (χ0n) is 22.3. The second kappa shape index (κ2) is 16.3. The van der Waals surface area contributed by atoms with E-state index >= 15 is 0 Å². The van der Waals surface area contributed by atoms with Crippen LogP contribution in [-0.4, -0.2) is 83.5 Å². The van der Waals surface area contributed by atoms with Gasteiger partial charge in [0.05, 0.1) is 6.04 Å². The number of aliphatic imine (C=N–C) groups is 1. The molecule has 39 heavy (non-hydrogen) atoms. The molecule has 1 aromatic rings. The van der Waals surface area contributed by atoms with E-state index < -0.39 is 47.9 Å². The van der Waals surface area contributed by atoms with Crippen LogP contribution in [0.4, 0.5) is 0 Å². The monoisotopic (exact) mass is 546 g/mol. The predicted molar refractivity (Wildman–Crippen MR) is 147 cm³/mol. The van der Waals surface area contributed by atoms with E-state index in [2.05, 4.69) is 15.6 Å². The highest BCUT2D eigenvalue weighted by molar-refractivity contribution is 5.94. The number of guanidine groups is 1. The van der Waals surface area contributed by atoms with Crippen molar-refractivity contribution in [3.63, 3.8) is 0 Å². The molecule has 1 fully saturated rings. The molecule has 0 radical (unpaired) electrons. The highest BCUT2D eigenvalue weighted by Gasteiger charge is 2.38. The van der Waals surface area contributed by atoms with Gasteiger partial charge < -0.3 is 43.6 Å². The SMILES string of the molecule is NCCCCC(NC(=O)C(Cc1ccccc1)NC(=O)C(N)CCCN=C(N)N)C(=O)N1CCCC1C(=O)O. The van der Waals surface area contributed by atoms with Crippen LogP contribution in [0.5, 0.6) is 0 Å². The minimum atomic E-state index is -1.07. The molecule has 0 aliphatic carbocycles. The summed E-state index contributed by atoms with van der Waals surface area (Å²) in [6.07, 6.45) is 3.37. The molecule has 216 valence electrons. The molecule has 0 spiro atoms. The van der Waals surface area contributed by atoms with Crippen LogP contribution in [0, 0.1) is 0 Å². The molecule has 13 heteroatoms. The summed E-state index contributed by atoms with van der Waals surface area (Å²) >= 11 is 0. The van der Waals surface area contributed by atoms with Gasteiger partial charge in [-0.2, -0.15) is 0 Å². The average molecular weight is 547 g/mol. The summed E-state index contributed by atoms with van der Waals surface area (Å²) in [6.45, 7) is 1.04. The largest absolute Gasteiger partial charge is 0.480 e. The van der Waals surface area contributed by atoms with Crippen LogP contribution in [0.25, 0.3) is 0 Å². The van der Waals surface area contributed by atoms with Gasteiger partial charge in [-0.15, -0.1) is 0 Å². The number of unbranched alkanes of at least 4 members (excludes halogenated alkanes) is 1. The molecule has 1 aliphatic heterocycles. The Balaban J connectivity index is 2.17. The second-order valence-corrected chi connectivity index (χ2v) is 9.68. The number of amides is 3. The lowest BCUT2D eigenvalue weighted by Gasteiger charge is -2.29. The van der Waals surface area contributed by atoms with E-state index in [4.69, 9.17) is 22.9 Å². The van der Waals surface area contributed by atoms with Crippen molar-refractivity contribution in [1.29, 1.82) is 0 Å². The maximum Gasteiger partial charge on any atom is 0.326 e. The molecule has 1 aromatic carbocycles. The van der Waals surface area contributed by atoms with Gasteiger partial charge in [0, 0.05) is 19.5 Å². The molecule has 0 aromatic heterocycles. The number of hydrogen-bond acceptors (Lipinski definition) is 7. The number of nitrogens with zero attached hydrogens (tertiary/aromatic N) is 2. The highest BCUT2D eigenvalue weighted by Crippen LogP contribution is 2.20. The number of hydrogen-bond donors (Lipinski definition) is 7. The fourth-order valence-corrected chi connectivity index (χ4v) is 4.50. The summed E-state index contributed by atoms with van der Waals surface area (Å²) in [5, 5.41) is 15.0. The normalized spacial score (nSPS) is 17.1. The maximum absolute atomic E-state index is 13.5. The lowest BCUT2D eigenvalue weighted by Crippen LogP contribution is -2.57. The Morgan fingerprint density at radius 2 is 1.69 bits per heavy atom. The molecule has 3 amide bonds. The molecule has 4 unspecified atom stereocenters. The Kier molecular flexibility index (Phi) is 13.2. The van der Waals surface area contributed by atoms with Crippen LogP contribution in [0.15, 0.2) is 35.3 Å². The van der Waals surface area contributed by atoms with Crippen molar-refractivity contribution < 1.29 is 24.3 Å². The van der Waals surface area contributed by atoms with E-state index in [0.29, 0.717) is 64.6 Å². The van der Waals surface area contributed by atoms with Gasteiger partial charge in [0.2, 0.25) is 17.7 Å². The van der Waals surface area contributed by atoms with Gasteiger partial charge in [-0.3, -0.25) is 19.4 Å². The number of carboxylic acid groups (broad SMARTS) is 1. The molecule has 0 bridgehead atoms. The molecule has 11 N–H and O–H groups in total. The number of nitrogens with two attached hydrogens (primary N) is 4. The van der Waals surface area contributed by atoms with Crippen LogP contribution >= 0.6 is 0 Å². The number of carbonyl (C=O) groups excluding carboxylic acids is 3. The Labute approximate surface area is 228 Å². The van der Waals surface area contributed by atoms with Gasteiger partial charge in [-0.1, -0.05) is 30.3 Å². The number of aliphatic carboxylic acids is 1. The molecule has 1 saturated heterocycles. The summed E-state index contributed by atoms with van der Waals surface area (Å²) in [5.74, 6) is -2.65. The third-order valence-corrected chi connectivity index (χ3v) is 6.60. The van der Waals surface area contributed by atoms with Crippen LogP contribution in [0.3, 0.4) is 0 Å². The smallest absolute Gasteiger partial charge is 0.326 e. The first kappa shape index (κ1) is 31.5. The van der Waals surface area contributed by atoms with Crippen molar-refractivity contribution in [2.75, 3.05) is 19.6 Å². The summed E-state index contributed by atoms with van der Waals surface area (Å²) in [6, 6.07) is 5.34. The van der Waals surface area contributed by atoms with Gasteiger partial charge in [0.1, 0.15) is 18.1 Å². The lowest BCUT2D eigenvalue weighted by atomic mass is 10.0. The van der Waals surface area contributed by atoms with Gasteiger partial charge in [-0.25, -0.2) is 4.79 Å². The minimum Gasteiger partial charge on any atom is -0.480 e. The maximum atomic E-state index is 13.5. The van der Waals surface area contributed by atoms with E-state index in [9.17, 15) is 24.3 Å². The van der Waals surface area contributed by atoms with Gasteiger partial charge >= 0.3 is 5.97 Å². The Morgan fingerprint density at radius 3 is 2.33 bits per heavy atom. The fourth-order valence-electron chi connectivity index (χ4n) is 4.50. The first-order valence-corrected chi connectivity index (χ1v) is 13.3. The predicted octanol–water partition coefficient (Wildman–Crippen LogP) is -1.22. The number of benzene rings is 1. The zero-order chi connectivity index (χ0) is 28.8. The molecular weight excluding hydrogens is 504 g/mol. The van der Waals surface area contributed by atoms with Crippen LogP contribution in [0.1, 0.15) is 50.5 Å². The summed E-state index contributed by atoms with van der Waals surface area (Å²) in [4.78, 5) is 56.6. The van der Waals surface area contributed by atoms with E-state index in [1.165, 1.54) is 4.90 Å². The third-order valence-electron chi connectivity index (χ3n) is 6.60. The number of carbonyl (C=O) groups is 4. The standard InChI is InChI=1S/C26H42N8O5/c27-13-5-4-11-19(24(37)34-15-7-12-21(34)25(38)39)32-23(36)20(16-17-8-2-1-3-9-17)33-22(35)18(28)10-6-14-31-26(29)30/h1-3,8-9,18-21H,4-7,10-16,27-28H2,(H,32,36)(H,33,35)(H,38,39)(H4,29,30,31). The lowest BCUT2D eigenvalue weighted by molar-refractivity contribution is -0.149. The van der Waals surface area contributed by atoms with Crippen molar-refractivity contribution in [2.24, 2.45) is 27.9 Å². The molecule has 2 rings (SSSR count). The van der Waals surface area contributed by atoms with Crippen molar-refractivity contribution in [2.45, 2.75) is 75.5 Å². The van der Waals surface area contributed by atoms with Crippen LogP contribution < -0.4 is 33.6 Å². The van der Waals surface area contributed by atoms with Crippen molar-refractivity contribution in [3.05, 3.63) is 35.9 Å². The quantitative estimate of drug-likeness (QED) is 0.0747. The Bertz CT molecular complexity index is 986. The first-order valence-electron chi connectivity index (χ1n) is 13.3. The summed E-state index contributed by atoms with van der Waals surface area (Å²) in [5.41, 5.74) is 23.1. The zero-order valence-corrected chi connectivity index (χ0v) is 22.3. The Morgan fingerprint density at radius 1 is 1.00 bits per heavy atom. The number of rotatable bonds is 16. The molecule has 4 atom stereocenters. The fraction of sp³-hybridized carbons (Fsp3) is 0.577. The van der Waals surface area contributed by atoms with E-state index in [1.807, 2.05) is 30.3 Å². The number of carboxylic acids is 1. The van der Waals surface area contributed by atoms with Crippen molar-refractivity contribution >= 4 is 29.7 Å². The highest BCUT2D eigenvalue weighted by atomic mass is 16.4. The van der Waals surface area contributed by atoms with Gasteiger partial charge in [-0.05, 0) is 57.1 Å². The molecule has 0 saturated carbocycles.